The van der Waals surface area contributed by atoms with Gasteiger partial charge in [-0.15, -0.1) is 0 Å². The zero-order chi connectivity index (χ0) is 10.7. The molecular formula is C12H23NO2. The van der Waals surface area contributed by atoms with E-state index in [0.717, 1.165) is 12.8 Å². The average Bonchev–Trinajstić information content (AvgIpc) is 2.62. The minimum atomic E-state index is -0.103. The Morgan fingerprint density at radius 3 is 2.67 bits per heavy atom. The maximum Gasteiger partial charge on any atom is 0.0687 e. The minimum absolute atomic E-state index is 0.0762. The molecule has 1 aliphatic heterocycles. The van der Waals surface area contributed by atoms with Crippen LogP contribution in [0.3, 0.4) is 0 Å². The van der Waals surface area contributed by atoms with Gasteiger partial charge in [-0.3, -0.25) is 0 Å². The first kappa shape index (κ1) is 11.4. The molecular weight excluding hydrogens is 190 g/mol. The van der Waals surface area contributed by atoms with Crippen LogP contribution in [0.15, 0.2) is 0 Å². The highest BCUT2D eigenvalue weighted by atomic mass is 16.5. The van der Waals surface area contributed by atoms with Crippen LogP contribution in [0.2, 0.25) is 0 Å². The van der Waals surface area contributed by atoms with E-state index in [1.54, 1.807) is 0 Å². The van der Waals surface area contributed by atoms with E-state index in [-0.39, 0.29) is 18.2 Å². The summed E-state index contributed by atoms with van der Waals surface area (Å²) in [7, 11) is 0. The molecule has 0 aromatic heterocycles. The van der Waals surface area contributed by atoms with E-state index in [4.69, 9.17) is 15.6 Å². The molecule has 3 heteroatoms. The maximum absolute atomic E-state index is 8.92. The summed E-state index contributed by atoms with van der Waals surface area (Å²) in [6, 6.07) is -0.103. The molecule has 2 unspecified atom stereocenters. The molecule has 0 aromatic carbocycles. The van der Waals surface area contributed by atoms with Gasteiger partial charge in [0.2, 0.25) is 0 Å². The highest BCUT2D eigenvalue weighted by Gasteiger charge is 2.40. The lowest BCUT2D eigenvalue weighted by molar-refractivity contribution is -0.0681. The highest BCUT2D eigenvalue weighted by Crippen LogP contribution is 2.42. The van der Waals surface area contributed by atoms with Crippen LogP contribution < -0.4 is 5.73 Å². The molecule has 1 saturated carbocycles. The summed E-state index contributed by atoms with van der Waals surface area (Å²) in [5, 5.41) is 8.92. The summed E-state index contributed by atoms with van der Waals surface area (Å²) in [6.07, 6.45) is 9.92. The predicted octanol–water partition coefficient (Wildman–Crippen LogP) is 1.58. The van der Waals surface area contributed by atoms with Crippen molar-refractivity contribution >= 4 is 0 Å². The van der Waals surface area contributed by atoms with Crippen LogP contribution in [-0.4, -0.2) is 29.5 Å². The lowest BCUT2D eigenvalue weighted by Crippen LogP contribution is -2.34. The second kappa shape index (κ2) is 4.81. The van der Waals surface area contributed by atoms with Gasteiger partial charge < -0.3 is 15.6 Å². The molecule has 3 N–H and O–H groups in total. The van der Waals surface area contributed by atoms with Crippen molar-refractivity contribution in [3.05, 3.63) is 0 Å². The fourth-order valence-corrected chi connectivity index (χ4v) is 3.04. The summed E-state index contributed by atoms with van der Waals surface area (Å²) < 4.78 is 6.17. The topological polar surface area (TPSA) is 55.5 Å². The van der Waals surface area contributed by atoms with Gasteiger partial charge in [0.25, 0.3) is 0 Å². The number of nitrogens with two attached hydrogens (primary N) is 1. The summed E-state index contributed by atoms with van der Waals surface area (Å²) in [6.45, 7) is 0.0762. The first-order valence-electron chi connectivity index (χ1n) is 6.28. The third-order valence-corrected chi connectivity index (χ3v) is 3.90. The van der Waals surface area contributed by atoms with E-state index in [0.29, 0.717) is 6.10 Å². The van der Waals surface area contributed by atoms with Gasteiger partial charge in [-0.2, -0.15) is 0 Å². The number of aliphatic hydroxyl groups is 1. The number of ether oxygens (including phenoxy) is 1. The van der Waals surface area contributed by atoms with Crippen molar-refractivity contribution in [3.63, 3.8) is 0 Å². The van der Waals surface area contributed by atoms with Crippen molar-refractivity contribution < 1.29 is 9.84 Å². The van der Waals surface area contributed by atoms with Crippen molar-refractivity contribution in [3.8, 4) is 0 Å². The van der Waals surface area contributed by atoms with Crippen molar-refractivity contribution in [2.45, 2.75) is 69.1 Å². The first-order valence-corrected chi connectivity index (χ1v) is 6.28. The quantitative estimate of drug-likeness (QED) is 0.748. The van der Waals surface area contributed by atoms with Gasteiger partial charge in [0, 0.05) is 6.04 Å². The SMILES string of the molecule is NC(CO)CC1CCC2(CCCCC2)O1. The smallest absolute Gasteiger partial charge is 0.0687 e. The fraction of sp³-hybridized carbons (Fsp3) is 1.00. The van der Waals surface area contributed by atoms with Gasteiger partial charge >= 0.3 is 0 Å². The zero-order valence-corrected chi connectivity index (χ0v) is 9.45. The molecule has 2 fully saturated rings. The van der Waals surface area contributed by atoms with Crippen LogP contribution in [0.1, 0.15) is 51.4 Å². The summed E-state index contributed by atoms with van der Waals surface area (Å²) in [4.78, 5) is 0. The van der Waals surface area contributed by atoms with Crippen molar-refractivity contribution in [1.82, 2.24) is 0 Å². The van der Waals surface area contributed by atoms with Gasteiger partial charge in [0.05, 0.1) is 18.3 Å². The Kier molecular flexibility index (Phi) is 3.65. The Morgan fingerprint density at radius 2 is 2.00 bits per heavy atom. The van der Waals surface area contributed by atoms with Crippen LogP contribution in [0.5, 0.6) is 0 Å². The third-order valence-electron chi connectivity index (χ3n) is 3.90. The molecule has 15 heavy (non-hydrogen) atoms. The van der Waals surface area contributed by atoms with Gasteiger partial charge in [-0.05, 0) is 32.1 Å². The zero-order valence-electron chi connectivity index (χ0n) is 9.45. The summed E-state index contributed by atoms with van der Waals surface area (Å²) in [5.41, 5.74) is 5.93. The van der Waals surface area contributed by atoms with Crippen LogP contribution in [0.25, 0.3) is 0 Å². The Morgan fingerprint density at radius 1 is 1.27 bits per heavy atom. The maximum atomic E-state index is 8.92. The van der Waals surface area contributed by atoms with Crippen molar-refractivity contribution in [2.24, 2.45) is 5.73 Å². The van der Waals surface area contributed by atoms with Gasteiger partial charge in [-0.25, -0.2) is 0 Å². The van der Waals surface area contributed by atoms with E-state index in [1.165, 1.54) is 38.5 Å². The largest absolute Gasteiger partial charge is 0.395 e. The Bertz CT molecular complexity index is 202. The number of rotatable bonds is 3. The fourth-order valence-electron chi connectivity index (χ4n) is 3.04. The third kappa shape index (κ3) is 2.71. The molecule has 1 saturated heterocycles. The molecule has 1 aliphatic carbocycles. The van der Waals surface area contributed by atoms with Crippen LogP contribution in [0.4, 0.5) is 0 Å². The van der Waals surface area contributed by atoms with E-state index < -0.39 is 0 Å². The molecule has 3 nitrogen and oxygen atoms in total. The van der Waals surface area contributed by atoms with E-state index in [1.807, 2.05) is 0 Å². The number of aliphatic hydroxyl groups excluding tert-OH is 1. The Hall–Kier alpha value is -0.120. The van der Waals surface area contributed by atoms with Gasteiger partial charge in [0.1, 0.15) is 0 Å². The van der Waals surface area contributed by atoms with E-state index in [2.05, 4.69) is 0 Å². The monoisotopic (exact) mass is 213 g/mol. The standard InChI is InChI=1S/C12H23NO2/c13-10(9-14)8-11-4-7-12(15-11)5-2-1-3-6-12/h10-11,14H,1-9,13H2. The molecule has 2 aliphatic rings. The van der Waals surface area contributed by atoms with E-state index in [9.17, 15) is 0 Å². The van der Waals surface area contributed by atoms with Crippen molar-refractivity contribution in [1.29, 1.82) is 0 Å². The molecule has 2 atom stereocenters. The molecule has 0 bridgehead atoms. The van der Waals surface area contributed by atoms with Gasteiger partial charge in [0.15, 0.2) is 0 Å². The molecule has 1 spiro atoms. The van der Waals surface area contributed by atoms with Crippen molar-refractivity contribution in [2.75, 3.05) is 6.61 Å². The van der Waals surface area contributed by atoms with Crippen LogP contribution in [0, 0.1) is 0 Å². The predicted molar refractivity (Wildman–Crippen MR) is 59.6 cm³/mol. The highest BCUT2D eigenvalue weighted by molar-refractivity contribution is 4.91. The molecule has 0 radical (unpaired) electrons. The lowest BCUT2D eigenvalue weighted by Gasteiger charge is -2.33. The normalized spacial score (nSPS) is 32.0. The summed E-state index contributed by atoms with van der Waals surface area (Å²) in [5.74, 6) is 0. The van der Waals surface area contributed by atoms with Gasteiger partial charge in [-0.1, -0.05) is 19.3 Å². The Balaban J connectivity index is 1.82. The van der Waals surface area contributed by atoms with Crippen LogP contribution in [-0.2, 0) is 4.74 Å². The average molecular weight is 213 g/mol. The van der Waals surface area contributed by atoms with Crippen LogP contribution >= 0.6 is 0 Å². The number of hydrogen-bond donors (Lipinski definition) is 2. The molecule has 0 amide bonds. The lowest BCUT2D eigenvalue weighted by atomic mass is 9.83. The second-order valence-electron chi connectivity index (χ2n) is 5.20. The molecule has 1 heterocycles. The molecule has 0 aromatic rings. The Labute approximate surface area is 92.0 Å². The summed E-state index contributed by atoms with van der Waals surface area (Å²) >= 11 is 0. The second-order valence-corrected chi connectivity index (χ2v) is 5.20. The first-order chi connectivity index (χ1) is 7.24. The molecule has 2 rings (SSSR count). The number of hydrogen-bond acceptors (Lipinski definition) is 3. The molecule has 88 valence electrons. The van der Waals surface area contributed by atoms with E-state index >= 15 is 0 Å². The minimum Gasteiger partial charge on any atom is -0.395 e.